The lowest BCUT2D eigenvalue weighted by atomic mass is 9.90. The molecule has 0 aliphatic carbocycles. The number of carbonyl (C=O) groups excluding carboxylic acids is 1. The second-order valence-electron chi connectivity index (χ2n) is 7.14. The van der Waals surface area contributed by atoms with Crippen molar-refractivity contribution in [3.63, 3.8) is 0 Å². The fourth-order valence-corrected chi connectivity index (χ4v) is 4.47. The Kier molecular flexibility index (Phi) is 3.74. The normalized spacial score (nSPS) is 16.3. The Labute approximate surface area is 158 Å². The van der Waals surface area contributed by atoms with Gasteiger partial charge in [0.15, 0.2) is 0 Å². The number of methoxy groups -OCH3 is 1. The topological polar surface area (TPSA) is 47.4 Å². The van der Waals surface area contributed by atoms with Gasteiger partial charge in [0.1, 0.15) is 5.75 Å². The van der Waals surface area contributed by atoms with E-state index in [1.807, 2.05) is 35.6 Å². The fraction of sp³-hybridized carbons (Fsp3) is 0.273. The molecule has 0 spiro atoms. The number of aromatic nitrogens is 2. The molecule has 1 aromatic heterocycles. The zero-order chi connectivity index (χ0) is 18.4. The molecular weight excluding hydrogens is 338 g/mol. The predicted octanol–water partition coefficient (Wildman–Crippen LogP) is 3.36. The van der Waals surface area contributed by atoms with E-state index in [4.69, 9.17) is 4.74 Å². The summed E-state index contributed by atoms with van der Waals surface area (Å²) in [4.78, 5) is 18.5. The number of rotatable bonds is 4. The summed E-state index contributed by atoms with van der Waals surface area (Å²) in [6.45, 7) is 0.801. The lowest BCUT2D eigenvalue weighted by Crippen LogP contribution is -2.32. The van der Waals surface area contributed by atoms with Crippen molar-refractivity contribution in [2.45, 2.75) is 25.3 Å². The summed E-state index contributed by atoms with van der Waals surface area (Å²) in [5.74, 6) is 1.12. The average Bonchev–Trinajstić information content (AvgIpc) is 3.36. The number of ether oxygens (including phenoxy) is 1. The van der Waals surface area contributed by atoms with Crippen molar-refractivity contribution < 1.29 is 9.53 Å². The van der Waals surface area contributed by atoms with Crippen LogP contribution in [-0.2, 0) is 17.6 Å². The second-order valence-corrected chi connectivity index (χ2v) is 7.14. The molecule has 5 rings (SSSR count). The summed E-state index contributed by atoms with van der Waals surface area (Å²) >= 11 is 0. The van der Waals surface area contributed by atoms with Gasteiger partial charge >= 0.3 is 0 Å². The third kappa shape index (κ3) is 2.53. The van der Waals surface area contributed by atoms with Gasteiger partial charge in [-0.1, -0.05) is 30.3 Å². The maximum absolute atomic E-state index is 12.2. The number of carbonyl (C=O) groups is 1. The molecule has 136 valence electrons. The van der Waals surface area contributed by atoms with E-state index in [1.54, 1.807) is 13.3 Å². The summed E-state index contributed by atoms with van der Waals surface area (Å²) in [5, 5.41) is 0. The van der Waals surface area contributed by atoms with Gasteiger partial charge in [-0.15, -0.1) is 0 Å². The first-order chi connectivity index (χ1) is 13.3. The molecule has 27 heavy (non-hydrogen) atoms. The summed E-state index contributed by atoms with van der Waals surface area (Å²) < 4.78 is 7.77. The van der Waals surface area contributed by atoms with Gasteiger partial charge in [-0.2, -0.15) is 0 Å². The minimum Gasteiger partial charge on any atom is -0.496 e. The monoisotopic (exact) mass is 359 g/mol. The highest BCUT2D eigenvalue weighted by Crippen LogP contribution is 2.41. The van der Waals surface area contributed by atoms with Crippen molar-refractivity contribution in [3.05, 3.63) is 77.4 Å². The molecule has 5 nitrogen and oxygen atoms in total. The molecule has 2 aromatic carbocycles. The molecule has 0 fully saturated rings. The molecule has 0 N–H and O–H groups in total. The van der Waals surface area contributed by atoms with Crippen molar-refractivity contribution in [1.29, 1.82) is 0 Å². The Bertz CT molecular complexity index is 1010. The molecule has 3 aromatic rings. The lowest BCUT2D eigenvalue weighted by molar-refractivity contribution is -0.118. The molecule has 0 bridgehead atoms. The molecule has 2 aliphatic heterocycles. The van der Waals surface area contributed by atoms with Gasteiger partial charge in [0, 0.05) is 30.9 Å². The Hall–Kier alpha value is -3.08. The summed E-state index contributed by atoms with van der Waals surface area (Å²) in [6.07, 6.45) is 7.98. The maximum Gasteiger partial charge on any atom is 0.227 e. The Balaban J connectivity index is 1.69. The highest BCUT2D eigenvalue weighted by Gasteiger charge is 2.32. The van der Waals surface area contributed by atoms with E-state index >= 15 is 0 Å². The first-order valence-electron chi connectivity index (χ1n) is 9.32. The van der Waals surface area contributed by atoms with Crippen LogP contribution in [0.1, 0.15) is 34.7 Å². The van der Waals surface area contributed by atoms with Gasteiger partial charge in [0.2, 0.25) is 5.91 Å². The number of hydrogen-bond donors (Lipinski definition) is 0. The Morgan fingerprint density at radius 1 is 1.11 bits per heavy atom. The van der Waals surface area contributed by atoms with Gasteiger partial charge in [0.05, 0.1) is 25.2 Å². The number of para-hydroxylation sites is 1. The number of benzene rings is 2. The van der Waals surface area contributed by atoms with Crippen LogP contribution in [0.2, 0.25) is 0 Å². The molecule has 1 unspecified atom stereocenters. The molecule has 0 radical (unpaired) electrons. The summed E-state index contributed by atoms with van der Waals surface area (Å²) in [7, 11) is 1.71. The van der Waals surface area contributed by atoms with E-state index < -0.39 is 0 Å². The van der Waals surface area contributed by atoms with Crippen LogP contribution < -0.4 is 9.64 Å². The standard InChI is InChI=1S/C22H21N3O2/c1-27-19-5-3-2-4-18(19)22(24-11-9-23-14-24)17-12-15-6-7-20(26)25-10-8-16(13-17)21(15)25/h2-5,9,11-14,22H,6-8,10H2,1H3. The number of imidazole rings is 1. The molecular formula is C22H21N3O2. The van der Waals surface area contributed by atoms with Gasteiger partial charge in [0.25, 0.3) is 0 Å². The number of amides is 1. The average molecular weight is 359 g/mol. The zero-order valence-corrected chi connectivity index (χ0v) is 15.3. The van der Waals surface area contributed by atoms with Gasteiger partial charge < -0.3 is 14.2 Å². The Morgan fingerprint density at radius 3 is 2.70 bits per heavy atom. The van der Waals surface area contributed by atoms with Crippen molar-refractivity contribution in [1.82, 2.24) is 9.55 Å². The van der Waals surface area contributed by atoms with Crippen LogP contribution in [-0.4, -0.2) is 29.1 Å². The molecule has 0 saturated heterocycles. The van der Waals surface area contributed by atoms with E-state index in [0.717, 1.165) is 36.4 Å². The lowest BCUT2D eigenvalue weighted by Gasteiger charge is -2.28. The SMILES string of the molecule is COc1ccccc1C(c1cc2c3c(c1)CCN3C(=O)CC2)n1ccnc1. The Morgan fingerprint density at radius 2 is 1.93 bits per heavy atom. The van der Waals surface area contributed by atoms with Crippen molar-refractivity contribution in [2.75, 3.05) is 18.6 Å². The van der Waals surface area contributed by atoms with Crippen molar-refractivity contribution in [2.24, 2.45) is 0 Å². The number of anilines is 1. The summed E-state index contributed by atoms with van der Waals surface area (Å²) in [6, 6.07) is 12.6. The van der Waals surface area contributed by atoms with Crippen LogP contribution in [0.3, 0.4) is 0 Å². The van der Waals surface area contributed by atoms with Crippen molar-refractivity contribution >= 4 is 11.6 Å². The minimum absolute atomic E-state index is 0.0168. The molecule has 0 saturated carbocycles. The van der Waals surface area contributed by atoms with E-state index in [-0.39, 0.29) is 11.9 Å². The van der Waals surface area contributed by atoms with Crippen LogP contribution in [0.5, 0.6) is 5.75 Å². The number of aryl methyl sites for hydroxylation is 1. The molecule has 1 atom stereocenters. The first kappa shape index (κ1) is 16.1. The second kappa shape index (κ2) is 6.27. The highest BCUT2D eigenvalue weighted by molar-refractivity contribution is 5.98. The summed E-state index contributed by atoms with van der Waals surface area (Å²) in [5.41, 5.74) is 6.02. The largest absolute Gasteiger partial charge is 0.496 e. The van der Waals surface area contributed by atoms with Gasteiger partial charge in [-0.05, 0) is 35.6 Å². The smallest absolute Gasteiger partial charge is 0.227 e. The van der Waals surface area contributed by atoms with E-state index in [9.17, 15) is 4.79 Å². The molecule has 5 heteroatoms. The van der Waals surface area contributed by atoms with Gasteiger partial charge in [-0.25, -0.2) is 4.98 Å². The van der Waals surface area contributed by atoms with Crippen LogP contribution in [0, 0.1) is 0 Å². The van der Waals surface area contributed by atoms with Crippen LogP contribution in [0.4, 0.5) is 5.69 Å². The van der Waals surface area contributed by atoms with Crippen LogP contribution in [0.25, 0.3) is 0 Å². The quantitative estimate of drug-likeness (QED) is 0.718. The van der Waals surface area contributed by atoms with E-state index in [0.29, 0.717) is 6.42 Å². The first-order valence-corrected chi connectivity index (χ1v) is 9.32. The molecule has 3 heterocycles. The molecule has 1 amide bonds. The fourth-order valence-electron chi connectivity index (χ4n) is 4.47. The molecule has 2 aliphatic rings. The third-order valence-electron chi connectivity index (χ3n) is 5.65. The highest BCUT2D eigenvalue weighted by atomic mass is 16.5. The third-order valence-corrected chi connectivity index (χ3v) is 5.65. The van der Waals surface area contributed by atoms with E-state index in [1.165, 1.54) is 16.7 Å². The number of nitrogens with zero attached hydrogens (tertiary/aromatic N) is 3. The van der Waals surface area contributed by atoms with Crippen LogP contribution in [0.15, 0.2) is 55.1 Å². The number of hydrogen-bond acceptors (Lipinski definition) is 3. The minimum atomic E-state index is -0.0168. The van der Waals surface area contributed by atoms with Crippen LogP contribution >= 0.6 is 0 Å². The van der Waals surface area contributed by atoms with E-state index in [2.05, 4.69) is 27.8 Å². The van der Waals surface area contributed by atoms with Gasteiger partial charge in [-0.3, -0.25) is 4.79 Å². The van der Waals surface area contributed by atoms with Crippen molar-refractivity contribution in [3.8, 4) is 5.75 Å². The zero-order valence-electron chi connectivity index (χ0n) is 15.3. The maximum atomic E-state index is 12.2. The predicted molar refractivity (Wildman–Crippen MR) is 103 cm³/mol.